The summed E-state index contributed by atoms with van der Waals surface area (Å²) in [5, 5.41) is 13.9. The van der Waals surface area contributed by atoms with Gasteiger partial charge in [0.25, 0.3) is 11.6 Å². The molecule has 10 heteroatoms. The zero-order chi connectivity index (χ0) is 22.7. The van der Waals surface area contributed by atoms with E-state index in [-0.39, 0.29) is 36.3 Å². The third-order valence-corrected chi connectivity index (χ3v) is 5.46. The largest absolute Gasteiger partial charge is 0.485 e. The Bertz CT molecular complexity index is 1030. The molecule has 4 rings (SSSR count). The lowest BCUT2D eigenvalue weighted by atomic mass is 10.2. The molecule has 1 fully saturated rings. The summed E-state index contributed by atoms with van der Waals surface area (Å²) < 4.78 is 11.4. The lowest BCUT2D eigenvalue weighted by Gasteiger charge is -2.36. The Morgan fingerprint density at radius 3 is 2.56 bits per heavy atom. The molecule has 2 aromatic rings. The highest BCUT2D eigenvalue weighted by molar-refractivity contribution is 5.94. The second-order valence-corrected chi connectivity index (χ2v) is 7.79. The zero-order valence-corrected chi connectivity index (χ0v) is 17.7. The van der Waals surface area contributed by atoms with Crippen LogP contribution in [0.3, 0.4) is 0 Å². The predicted octanol–water partition coefficient (Wildman–Crippen LogP) is 1.83. The summed E-state index contributed by atoms with van der Waals surface area (Å²) in [5.74, 6) is 0.704. The number of nitro groups is 1. The highest BCUT2D eigenvalue weighted by Crippen LogP contribution is 2.31. The highest BCUT2D eigenvalue weighted by atomic mass is 16.6. The lowest BCUT2D eigenvalue weighted by molar-refractivity contribution is -0.384. The van der Waals surface area contributed by atoms with Gasteiger partial charge in [-0.15, -0.1) is 0 Å². The van der Waals surface area contributed by atoms with Gasteiger partial charge in [0.05, 0.1) is 11.5 Å². The van der Waals surface area contributed by atoms with Gasteiger partial charge in [-0.3, -0.25) is 24.6 Å². The van der Waals surface area contributed by atoms with Crippen LogP contribution in [0.2, 0.25) is 0 Å². The maximum Gasteiger partial charge on any atom is 0.293 e. The first-order chi connectivity index (χ1) is 15.4. The van der Waals surface area contributed by atoms with Crippen LogP contribution in [0.15, 0.2) is 42.5 Å². The van der Waals surface area contributed by atoms with E-state index in [1.807, 2.05) is 17.0 Å². The first-order valence-electron chi connectivity index (χ1n) is 10.4. The van der Waals surface area contributed by atoms with Crippen LogP contribution in [0.25, 0.3) is 0 Å². The van der Waals surface area contributed by atoms with Crippen molar-refractivity contribution in [1.29, 1.82) is 0 Å². The minimum Gasteiger partial charge on any atom is -0.485 e. The topological polar surface area (TPSA) is 114 Å². The van der Waals surface area contributed by atoms with Crippen molar-refractivity contribution in [2.24, 2.45) is 0 Å². The molecule has 2 amide bonds. The van der Waals surface area contributed by atoms with E-state index < -0.39 is 11.0 Å². The number of rotatable bonds is 5. The number of nitro benzene ring substituents is 1. The van der Waals surface area contributed by atoms with E-state index in [0.29, 0.717) is 37.7 Å². The molecule has 1 atom stereocenters. The number of nitrogens with zero attached hydrogens (tertiary/aromatic N) is 3. The van der Waals surface area contributed by atoms with Crippen molar-refractivity contribution in [2.75, 3.05) is 44.6 Å². The van der Waals surface area contributed by atoms with E-state index in [9.17, 15) is 19.7 Å². The molecular formula is C22H24N4O6. The molecule has 0 spiro atoms. The predicted molar refractivity (Wildman–Crippen MR) is 116 cm³/mol. The minimum atomic E-state index is -0.693. The number of aryl methyl sites for hydroxylation is 1. The molecule has 2 aliphatic rings. The number of carbonyl (C=O) groups is 2. The molecule has 10 nitrogen and oxygen atoms in total. The molecule has 1 N–H and O–H groups in total. The number of ether oxygens (including phenoxy) is 2. The molecule has 0 saturated carbocycles. The molecule has 2 aromatic carbocycles. The molecule has 1 unspecified atom stereocenters. The number of carbonyl (C=O) groups excluding carboxylic acids is 2. The van der Waals surface area contributed by atoms with Gasteiger partial charge in [0.2, 0.25) is 12.0 Å². The van der Waals surface area contributed by atoms with Crippen molar-refractivity contribution in [2.45, 2.75) is 13.0 Å². The SMILES string of the molecule is Cc1ccc(NC(=O)CN2CCN(C(=O)C3COc4ccccc4O3)CC2)c([N+](=O)[O-])c1. The molecule has 0 aliphatic carbocycles. The Balaban J connectivity index is 1.28. The van der Waals surface area contributed by atoms with E-state index in [1.165, 1.54) is 12.1 Å². The van der Waals surface area contributed by atoms with Gasteiger partial charge in [-0.2, -0.15) is 0 Å². The minimum absolute atomic E-state index is 0.0868. The molecule has 168 valence electrons. The number of piperazine rings is 1. The third-order valence-electron chi connectivity index (χ3n) is 5.46. The summed E-state index contributed by atoms with van der Waals surface area (Å²) in [4.78, 5) is 39.6. The first-order valence-corrected chi connectivity index (χ1v) is 10.4. The van der Waals surface area contributed by atoms with Crippen LogP contribution in [0.5, 0.6) is 11.5 Å². The fourth-order valence-corrected chi connectivity index (χ4v) is 3.76. The second kappa shape index (κ2) is 9.23. The van der Waals surface area contributed by atoms with Gasteiger partial charge in [-0.1, -0.05) is 18.2 Å². The van der Waals surface area contributed by atoms with Crippen LogP contribution in [0.1, 0.15) is 5.56 Å². The van der Waals surface area contributed by atoms with E-state index in [0.717, 1.165) is 5.56 Å². The van der Waals surface area contributed by atoms with Crippen molar-refractivity contribution in [3.8, 4) is 11.5 Å². The summed E-state index contributed by atoms with van der Waals surface area (Å²) in [6, 6.07) is 11.9. The lowest BCUT2D eigenvalue weighted by Crippen LogP contribution is -2.54. The van der Waals surface area contributed by atoms with Crippen LogP contribution in [0.4, 0.5) is 11.4 Å². The van der Waals surface area contributed by atoms with E-state index in [4.69, 9.17) is 9.47 Å². The van der Waals surface area contributed by atoms with Gasteiger partial charge in [0, 0.05) is 32.2 Å². The van der Waals surface area contributed by atoms with Crippen LogP contribution in [-0.2, 0) is 9.59 Å². The molecule has 2 aliphatic heterocycles. The molecule has 0 radical (unpaired) electrons. The Morgan fingerprint density at radius 1 is 1.12 bits per heavy atom. The smallest absolute Gasteiger partial charge is 0.293 e. The molecule has 32 heavy (non-hydrogen) atoms. The van der Waals surface area contributed by atoms with E-state index in [2.05, 4.69) is 5.32 Å². The number of amides is 2. The molecule has 2 heterocycles. The summed E-state index contributed by atoms with van der Waals surface area (Å²) in [6.45, 7) is 3.94. The number of anilines is 1. The second-order valence-electron chi connectivity index (χ2n) is 7.79. The van der Waals surface area contributed by atoms with Crippen LogP contribution in [-0.4, -0.2) is 72.0 Å². The fraction of sp³-hybridized carbons (Fsp3) is 0.364. The van der Waals surface area contributed by atoms with Crippen molar-refractivity contribution in [1.82, 2.24) is 9.80 Å². The van der Waals surface area contributed by atoms with Gasteiger partial charge in [0.1, 0.15) is 12.3 Å². The molecule has 0 aromatic heterocycles. The summed E-state index contributed by atoms with van der Waals surface area (Å²) in [7, 11) is 0. The average Bonchev–Trinajstić information content (AvgIpc) is 2.79. The average molecular weight is 440 g/mol. The van der Waals surface area contributed by atoms with Crippen LogP contribution in [0, 0.1) is 17.0 Å². The Labute approximate surface area is 184 Å². The Kier molecular flexibility index (Phi) is 6.22. The number of hydrogen-bond donors (Lipinski definition) is 1. The standard InChI is InChI=1S/C22H24N4O6/c1-15-6-7-16(17(12-15)26(29)30)23-21(27)13-24-8-10-25(11-9-24)22(28)20-14-31-18-4-2-3-5-19(18)32-20/h2-7,12,20H,8-11,13-14H2,1H3,(H,23,27). The maximum absolute atomic E-state index is 12.8. The third kappa shape index (κ3) is 4.80. The van der Waals surface area contributed by atoms with Crippen LogP contribution >= 0.6 is 0 Å². The molecule has 0 bridgehead atoms. The number of benzene rings is 2. The Morgan fingerprint density at radius 2 is 1.84 bits per heavy atom. The number of fused-ring (bicyclic) bond motifs is 1. The quantitative estimate of drug-likeness (QED) is 0.557. The monoisotopic (exact) mass is 440 g/mol. The highest BCUT2D eigenvalue weighted by Gasteiger charge is 2.33. The molecule has 1 saturated heterocycles. The van der Waals surface area contributed by atoms with Crippen molar-refractivity contribution in [3.63, 3.8) is 0 Å². The van der Waals surface area contributed by atoms with Crippen molar-refractivity contribution >= 4 is 23.2 Å². The fourth-order valence-electron chi connectivity index (χ4n) is 3.76. The van der Waals surface area contributed by atoms with Gasteiger partial charge in [-0.25, -0.2) is 0 Å². The van der Waals surface area contributed by atoms with Gasteiger partial charge in [0.15, 0.2) is 11.5 Å². The first kappa shape index (κ1) is 21.6. The maximum atomic E-state index is 12.8. The summed E-state index contributed by atoms with van der Waals surface area (Å²) >= 11 is 0. The molecular weight excluding hydrogens is 416 g/mol. The van der Waals surface area contributed by atoms with Crippen molar-refractivity contribution in [3.05, 3.63) is 58.1 Å². The van der Waals surface area contributed by atoms with Gasteiger partial charge in [-0.05, 0) is 30.7 Å². The van der Waals surface area contributed by atoms with Gasteiger partial charge < -0.3 is 19.7 Å². The van der Waals surface area contributed by atoms with E-state index >= 15 is 0 Å². The van der Waals surface area contributed by atoms with Crippen LogP contribution < -0.4 is 14.8 Å². The van der Waals surface area contributed by atoms with Crippen molar-refractivity contribution < 1.29 is 24.0 Å². The number of nitrogens with one attached hydrogen (secondary N) is 1. The van der Waals surface area contributed by atoms with Gasteiger partial charge >= 0.3 is 0 Å². The Hall–Kier alpha value is -3.66. The number of para-hydroxylation sites is 2. The summed E-state index contributed by atoms with van der Waals surface area (Å²) in [6.07, 6.45) is -0.693. The summed E-state index contributed by atoms with van der Waals surface area (Å²) in [5.41, 5.74) is 0.783. The van der Waals surface area contributed by atoms with E-state index in [1.54, 1.807) is 30.0 Å². The normalized spacial score (nSPS) is 18.2. The number of hydrogen-bond acceptors (Lipinski definition) is 7. The zero-order valence-electron chi connectivity index (χ0n) is 17.7.